The van der Waals surface area contributed by atoms with Crippen molar-refractivity contribution in [3.8, 4) is 11.3 Å². The van der Waals surface area contributed by atoms with Crippen LogP contribution in [0.15, 0.2) is 48.5 Å². The molecule has 144 valence electrons. The minimum absolute atomic E-state index is 0.0317. The van der Waals surface area contributed by atoms with E-state index in [1.807, 2.05) is 55.1 Å². The second kappa shape index (κ2) is 8.07. The first-order valence-electron chi connectivity index (χ1n) is 9.90. The molecule has 0 unspecified atom stereocenters. The van der Waals surface area contributed by atoms with Crippen molar-refractivity contribution in [1.82, 2.24) is 15.1 Å². The Hall–Kier alpha value is -2.79. The van der Waals surface area contributed by atoms with Crippen molar-refractivity contribution in [3.63, 3.8) is 0 Å². The van der Waals surface area contributed by atoms with Gasteiger partial charge in [-0.1, -0.05) is 36.4 Å². The Balaban J connectivity index is 1.66. The van der Waals surface area contributed by atoms with Crippen molar-refractivity contribution < 1.29 is 9.53 Å². The average Bonchev–Trinajstić information content (AvgIpc) is 3.25. The van der Waals surface area contributed by atoms with Crippen molar-refractivity contribution >= 4 is 16.7 Å². The molecule has 1 amide bonds. The maximum absolute atomic E-state index is 13.1. The van der Waals surface area contributed by atoms with Crippen LogP contribution in [0.3, 0.4) is 0 Å². The molecule has 5 heteroatoms. The SMILES string of the molecule is CCN(C[C@H]1CCCO1)C(=O)c1cccc(-c2nnc(C)c3ccccc23)c1. The molecule has 3 aromatic rings. The number of fused-ring (bicyclic) bond motifs is 1. The molecule has 1 atom stereocenters. The lowest BCUT2D eigenvalue weighted by Gasteiger charge is -2.24. The van der Waals surface area contributed by atoms with Gasteiger partial charge in [0.05, 0.1) is 11.8 Å². The van der Waals surface area contributed by atoms with Crippen LogP contribution >= 0.6 is 0 Å². The highest BCUT2D eigenvalue weighted by Crippen LogP contribution is 2.28. The largest absolute Gasteiger partial charge is 0.376 e. The number of ether oxygens (including phenoxy) is 1. The van der Waals surface area contributed by atoms with Crippen LogP contribution < -0.4 is 0 Å². The number of hydrogen-bond donors (Lipinski definition) is 0. The minimum atomic E-state index is 0.0317. The molecule has 1 aromatic heterocycles. The van der Waals surface area contributed by atoms with Crippen LogP contribution in [0, 0.1) is 6.92 Å². The van der Waals surface area contributed by atoms with E-state index in [1.54, 1.807) is 0 Å². The van der Waals surface area contributed by atoms with E-state index < -0.39 is 0 Å². The zero-order valence-corrected chi connectivity index (χ0v) is 16.4. The Labute approximate surface area is 165 Å². The fourth-order valence-electron chi connectivity index (χ4n) is 3.82. The molecule has 28 heavy (non-hydrogen) atoms. The van der Waals surface area contributed by atoms with Crippen molar-refractivity contribution in [3.05, 3.63) is 59.8 Å². The van der Waals surface area contributed by atoms with Crippen molar-refractivity contribution in [1.29, 1.82) is 0 Å². The molecule has 2 heterocycles. The highest BCUT2D eigenvalue weighted by molar-refractivity contribution is 5.98. The molecule has 0 saturated carbocycles. The van der Waals surface area contributed by atoms with E-state index in [0.29, 0.717) is 18.7 Å². The Morgan fingerprint density at radius 1 is 1.14 bits per heavy atom. The van der Waals surface area contributed by atoms with Gasteiger partial charge in [0.25, 0.3) is 5.91 Å². The summed E-state index contributed by atoms with van der Waals surface area (Å²) in [6.07, 6.45) is 2.25. The normalized spacial score (nSPS) is 16.4. The van der Waals surface area contributed by atoms with Crippen LogP contribution in [0.1, 0.15) is 35.8 Å². The fourth-order valence-corrected chi connectivity index (χ4v) is 3.82. The van der Waals surface area contributed by atoms with E-state index in [9.17, 15) is 4.79 Å². The molecule has 0 spiro atoms. The van der Waals surface area contributed by atoms with Gasteiger partial charge in [-0.15, -0.1) is 5.10 Å². The molecule has 0 N–H and O–H groups in total. The molecule has 2 aromatic carbocycles. The van der Waals surface area contributed by atoms with Crippen molar-refractivity contribution in [2.24, 2.45) is 0 Å². The van der Waals surface area contributed by atoms with E-state index in [4.69, 9.17) is 4.74 Å². The molecular formula is C23H25N3O2. The first-order chi connectivity index (χ1) is 13.7. The molecule has 5 nitrogen and oxygen atoms in total. The zero-order valence-electron chi connectivity index (χ0n) is 16.4. The first kappa shape index (κ1) is 18.6. The molecule has 0 aliphatic carbocycles. The second-order valence-corrected chi connectivity index (χ2v) is 7.24. The van der Waals surface area contributed by atoms with Crippen LogP contribution in [0.25, 0.3) is 22.0 Å². The molecule has 4 rings (SSSR count). The third-order valence-electron chi connectivity index (χ3n) is 5.37. The lowest BCUT2D eigenvalue weighted by molar-refractivity contribution is 0.0539. The van der Waals surface area contributed by atoms with E-state index in [1.165, 1.54) is 0 Å². The van der Waals surface area contributed by atoms with Gasteiger partial charge in [-0.3, -0.25) is 4.79 Å². The third kappa shape index (κ3) is 3.62. The lowest BCUT2D eigenvalue weighted by Crippen LogP contribution is -2.37. The Morgan fingerprint density at radius 2 is 1.96 bits per heavy atom. The number of aromatic nitrogens is 2. The topological polar surface area (TPSA) is 55.3 Å². The number of rotatable bonds is 5. The van der Waals surface area contributed by atoms with E-state index >= 15 is 0 Å². The molecule has 1 aliphatic heterocycles. The van der Waals surface area contributed by atoms with E-state index in [-0.39, 0.29) is 12.0 Å². The van der Waals surface area contributed by atoms with Gasteiger partial charge in [0.1, 0.15) is 5.69 Å². The minimum Gasteiger partial charge on any atom is -0.376 e. The fraction of sp³-hybridized carbons (Fsp3) is 0.348. The van der Waals surface area contributed by atoms with Gasteiger partial charge in [-0.25, -0.2) is 0 Å². The number of carbonyl (C=O) groups is 1. The molecule has 0 bridgehead atoms. The maximum atomic E-state index is 13.1. The Kier molecular flexibility index (Phi) is 5.35. The van der Waals surface area contributed by atoms with Crippen LogP contribution in [0.2, 0.25) is 0 Å². The summed E-state index contributed by atoms with van der Waals surface area (Å²) in [6.45, 7) is 6.08. The standard InChI is InChI=1S/C23H25N3O2/c1-3-26(15-19-10-7-13-28-19)23(27)18-9-6-8-17(14-18)22-21-12-5-4-11-20(21)16(2)24-25-22/h4-6,8-9,11-12,14,19H,3,7,10,13,15H2,1-2H3/t19-/m1/s1. The van der Waals surface area contributed by atoms with Crippen molar-refractivity contribution in [2.75, 3.05) is 19.7 Å². The van der Waals surface area contributed by atoms with Gasteiger partial charge in [0.15, 0.2) is 0 Å². The Morgan fingerprint density at radius 3 is 2.71 bits per heavy atom. The van der Waals surface area contributed by atoms with Gasteiger partial charge < -0.3 is 9.64 Å². The number of benzene rings is 2. The van der Waals surface area contributed by atoms with Gasteiger partial charge in [-0.2, -0.15) is 5.10 Å². The van der Waals surface area contributed by atoms with Crippen LogP contribution in [-0.4, -0.2) is 46.8 Å². The molecular weight excluding hydrogens is 350 g/mol. The highest BCUT2D eigenvalue weighted by atomic mass is 16.5. The summed E-state index contributed by atoms with van der Waals surface area (Å²) in [4.78, 5) is 15.0. The molecule has 1 fully saturated rings. The van der Waals surface area contributed by atoms with Gasteiger partial charge in [-0.05, 0) is 38.8 Å². The number of aryl methyl sites for hydroxylation is 1. The quantitative estimate of drug-likeness (QED) is 0.669. The molecule has 1 aliphatic rings. The second-order valence-electron chi connectivity index (χ2n) is 7.24. The number of carbonyl (C=O) groups excluding carboxylic acids is 1. The lowest BCUT2D eigenvalue weighted by atomic mass is 10.0. The highest BCUT2D eigenvalue weighted by Gasteiger charge is 2.22. The number of likely N-dealkylation sites (N-methyl/N-ethyl adjacent to an activating group) is 1. The van der Waals surface area contributed by atoms with Crippen LogP contribution in [0.5, 0.6) is 0 Å². The zero-order chi connectivity index (χ0) is 19.5. The van der Waals surface area contributed by atoms with E-state index in [2.05, 4.69) is 22.3 Å². The first-order valence-corrected chi connectivity index (χ1v) is 9.90. The Bertz CT molecular complexity index is 996. The van der Waals surface area contributed by atoms with E-state index in [0.717, 1.165) is 47.2 Å². The van der Waals surface area contributed by atoms with Crippen LogP contribution in [0.4, 0.5) is 0 Å². The monoisotopic (exact) mass is 375 g/mol. The smallest absolute Gasteiger partial charge is 0.253 e. The summed E-state index contributed by atoms with van der Waals surface area (Å²) in [6, 6.07) is 15.8. The van der Waals surface area contributed by atoms with Gasteiger partial charge in [0.2, 0.25) is 0 Å². The summed E-state index contributed by atoms with van der Waals surface area (Å²) >= 11 is 0. The predicted octanol–water partition coefficient (Wildman–Crippen LogP) is 4.25. The molecule has 1 saturated heterocycles. The number of amides is 1. The summed E-state index contributed by atoms with van der Waals surface area (Å²) in [5, 5.41) is 10.9. The van der Waals surface area contributed by atoms with Gasteiger partial charge >= 0.3 is 0 Å². The van der Waals surface area contributed by atoms with Gasteiger partial charge in [0, 0.05) is 41.6 Å². The summed E-state index contributed by atoms with van der Waals surface area (Å²) in [7, 11) is 0. The summed E-state index contributed by atoms with van der Waals surface area (Å²) in [5.74, 6) is 0.0317. The van der Waals surface area contributed by atoms with Crippen molar-refractivity contribution in [2.45, 2.75) is 32.8 Å². The summed E-state index contributed by atoms with van der Waals surface area (Å²) < 4.78 is 5.71. The third-order valence-corrected chi connectivity index (χ3v) is 5.37. The summed E-state index contributed by atoms with van der Waals surface area (Å²) in [5.41, 5.74) is 3.28. The molecule has 0 radical (unpaired) electrons. The average molecular weight is 375 g/mol. The maximum Gasteiger partial charge on any atom is 0.253 e. The number of hydrogen-bond acceptors (Lipinski definition) is 4. The van der Waals surface area contributed by atoms with Crippen LogP contribution in [-0.2, 0) is 4.74 Å². The predicted molar refractivity (Wildman–Crippen MR) is 110 cm³/mol. The number of nitrogens with zero attached hydrogens (tertiary/aromatic N) is 3.